The number of H-pyrrole nitrogens is 2. The molecule has 9 rings (SSSR count). The number of nitro groups is 1. The molecule has 0 amide bonds. The van der Waals surface area contributed by atoms with E-state index in [-0.39, 0.29) is 11.4 Å². The van der Waals surface area contributed by atoms with E-state index in [0.717, 1.165) is 55.6 Å². The number of nitrogen functional groups attached to an aromatic ring is 1. The van der Waals surface area contributed by atoms with Gasteiger partial charge in [0.25, 0.3) is 5.69 Å². The third kappa shape index (κ3) is 6.36. The number of nitrogens with zero attached hydrogens (tertiary/aromatic N) is 3. The van der Waals surface area contributed by atoms with Gasteiger partial charge in [0.05, 0.1) is 27.7 Å². The van der Waals surface area contributed by atoms with Gasteiger partial charge in [0.2, 0.25) is 0 Å². The third-order valence-electron chi connectivity index (χ3n) is 9.61. The summed E-state index contributed by atoms with van der Waals surface area (Å²) in [6.45, 7) is 0. The van der Waals surface area contributed by atoms with E-state index in [1.54, 1.807) is 12.1 Å². The summed E-state index contributed by atoms with van der Waals surface area (Å²) in [5.41, 5.74) is 18.4. The number of aromatic nitrogens is 4. The number of rotatable bonds is 5. The number of nitro benzene ring substituents is 1. The van der Waals surface area contributed by atoms with Gasteiger partial charge < -0.3 is 15.7 Å². The average Bonchev–Trinajstić information content (AvgIpc) is 3.99. The van der Waals surface area contributed by atoms with E-state index in [4.69, 9.17) is 50.5 Å². The van der Waals surface area contributed by atoms with E-state index in [9.17, 15) is 10.1 Å². The smallest absolute Gasteiger partial charge is 0.292 e. The largest absolute Gasteiger partial charge is 0.393 e. The number of halogens is 3. The van der Waals surface area contributed by atoms with Crippen molar-refractivity contribution >= 4 is 92.5 Å². The van der Waals surface area contributed by atoms with Crippen LogP contribution in [-0.4, -0.2) is 24.9 Å². The highest BCUT2D eigenvalue weighted by atomic mass is 35.5. The molecule has 3 aromatic heterocycles. The Balaban J connectivity index is 1.48. The first-order chi connectivity index (χ1) is 26.7. The Labute approximate surface area is 329 Å². The molecular formula is C44H27Cl3N6O2. The lowest BCUT2D eigenvalue weighted by Crippen LogP contribution is -1.96. The first-order valence-corrected chi connectivity index (χ1v) is 18.3. The van der Waals surface area contributed by atoms with Crippen molar-refractivity contribution in [3.05, 3.63) is 163 Å². The topological polar surface area (TPSA) is 127 Å². The van der Waals surface area contributed by atoms with Crippen molar-refractivity contribution in [3.8, 4) is 44.5 Å². The molecule has 0 saturated carbocycles. The zero-order valence-electron chi connectivity index (χ0n) is 28.6. The molecule has 0 aliphatic carbocycles. The molecule has 4 N–H and O–H groups in total. The van der Waals surface area contributed by atoms with Gasteiger partial charge in [-0.2, -0.15) is 0 Å². The molecule has 0 fully saturated rings. The molecule has 0 radical (unpaired) electrons. The molecule has 11 heteroatoms. The molecule has 8 nitrogen and oxygen atoms in total. The van der Waals surface area contributed by atoms with Gasteiger partial charge in [-0.05, 0) is 119 Å². The number of aromatic amines is 2. The standard InChI is InChI=1S/C44H27Cl3N6O2/c45-28-7-1-4-24(20-28)41-32-11-13-34(49-32)42(25-5-2-8-29(46)21-25)36-15-17-38(51-36)44(27-10-19-40(53(54)55)31(48)23-27)39-18-16-37(52-39)43(35-14-12-33(41)50-35)26-6-3-9-30(47)22-26/h1-23,49,52H,48H2. The number of hydrogen-bond acceptors (Lipinski definition) is 5. The number of fused-ring (bicyclic) bond motifs is 8. The van der Waals surface area contributed by atoms with Crippen LogP contribution in [0.15, 0.2) is 115 Å². The van der Waals surface area contributed by atoms with Crippen LogP contribution in [0.5, 0.6) is 0 Å². The number of nitrogens with one attached hydrogen (secondary N) is 2. The van der Waals surface area contributed by atoms with Crippen LogP contribution in [-0.2, 0) is 0 Å². The zero-order chi connectivity index (χ0) is 37.8. The Hall–Kier alpha value is -6.45. The maximum Gasteiger partial charge on any atom is 0.292 e. The fourth-order valence-electron chi connectivity index (χ4n) is 7.23. The number of hydrogen-bond donors (Lipinski definition) is 3. The minimum Gasteiger partial charge on any atom is -0.393 e. The van der Waals surface area contributed by atoms with Gasteiger partial charge in [-0.1, -0.05) is 71.2 Å². The molecule has 4 aromatic carbocycles. The highest BCUT2D eigenvalue weighted by molar-refractivity contribution is 6.31. The van der Waals surface area contributed by atoms with Crippen LogP contribution in [0.2, 0.25) is 15.1 Å². The second kappa shape index (κ2) is 13.8. The Kier molecular flexibility index (Phi) is 8.58. The molecule has 7 aromatic rings. The second-order valence-corrected chi connectivity index (χ2v) is 14.4. The minimum absolute atomic E-state index is 0.0391. The summed E-state index contributed by atoms with van der Waals surface area (Å²) in [6, 6.07) is 35.7. The first kappa shape index (κ1) is 34.3. The maximum atomic E-state index is 11.7. The van der Waals surface area contributed by atoms with E-state index >= 15 is 0 Å². The van der Waals surface area contributed by atoms with E-state index in [0.29, 0.717) is 48.8 Å². The number of anilines is 1. The van der Waals surface area contributed by atoms with Crippen LogP contribution in [0.25, 0.3) is 90.9 Å². The molecule has 0 atom stereocenters. The number of nitrogens with two attached hydrogens (primary N) is 1. The molecule has 55 heavy (non-hydrogen) atoms. The Bertz CT molecular complexity index is 2940. The molecule has 266 valence electrons. The molecule has 0 spiro atoms. The lowest BCUT2D eigenvalue weighted by molar-refractivity contribution is -0.383. The highest BCUT2D eigenvalue weighted by Crippen LogP contribution is 2.40. The second-order valence-electron chi connectivity index (χ2n) is 13.1. The summed E-state index contributed by atoms with van der Waals surface area (Å²) >= 11 is 19.7. The van der Waals surface area contributed by atoms with Crippen LogP contribution in [0, 0.1) is 10.1 Å². The summed E-state index contributed by atoms with van der Waals surface area (Å²) in [5.74, 6) is 0. The van der Waals surface area contributed by atoms with Crippen molar-refractivity contribution < 1.29 is 4.92 Å². The number of benzene rings is 4. The zero-order valence-corrected chi connectivity index (χ0v) is 30.9. The Morgan fingerprint density at radius 1 is 0.491 bits per heavy atom. The normalized spacial score (nSPS) is 12.0. The van der Waals surface area contributed by atoms with Gasteiger partial charge in [-0.25, -0.2) is 9.97 Å². The van der Waals surface area contributed by atoms with Crippen LogP contribution in [0.3, 0.4) is 0 Å². The van der Waals surface area contributed by atoms with Crippen molar-refractivity contribution in [1.82, 2.24) is 19.9 Å². The van der Waals surface area contributed by atoms with Gasteiger partial charge in [0, 0.05) is 65.5 Å². The van der Waals surface area contributed by atoms with Crippen molar-refractivity contribution in [1.29, 1.82) is 0 Å². The fraction of sp³-hybridized carbons (Fsp3) is 0. The SMILES string of the molecule is Nc1cc(-c2c3nc(c(-c4cccc(Cl)c4)c4ccc([nH]4)c(-c4cccc(Cl)c4)c4nc(c(-c5cccc(Cl)c5)c5ccc2[nH]5)C=C4)C=C3)ccc1[N+](=O)[O-]. The van der Waals surface area contributed by atoms with Crippen LogP contribution >= 0.6 is 34.8 Å². The van der Waals surface area contributed by atoms with E-state index in [1.165, 1.54) is 6.07 Å². The molecule has 2 aliphatic rings. The fourth-order valence-corrected chi connectivity index (χ4v) is 7.80. The summed E-state index contributed by atoms with van der Waals surface area (Å²) < 4.78 is 0. The average molecular weight is 778 g/mol. The van der Waals surface area contributed by atoms with Crippen molar-refractivity contribution in [2.24, 2.45) is 0 Å². The lowest BCUT2D eigenvalue weighted by atomic mass is 10.0. The molecule has 2 aliphatic heterocycles. The summed E-state index contributed by atoms with van der Waals surface area (Å²) in [5, 5.41) is 13.5. The van der Waals surface area contributed by atoms with E-state index in [1.807, 2.05) is 121 Å². The molecule has 0 unspecified atom stereocenters. The van der Waals surface area contributed by atoms with Crippen LogP contribution < -0.4 is 5.73 Å². The summed E-state index contributed by atoms with van der Waals surface area (Å²) in [4.78, 5) is 29.1. The highest BCUT2D eigenvalue weighted by Gasteiger charge is 2.20. The molecule has 8 bridgehead atoms. The Morgan fingerprint density at radius 2 is 0.836 bits per heavy atom. The van der Waals surface area contributed by atoms with E-state index in [2.05, 4.69) is 9.97 Å². The summed E-state index contributed by atoms with van der Waals surface area (Å²) in [6.07, 6.45) is 7.89. The quantitative estimate of drug-likeness (QED) is 0.0911. The molecule has 5 heterocycles. The third-order valence-corrected chi connectivity index (χ3v) is 10.3. The van der Waals surface area contributed by atoms with Gasteiger partial charge in [0.15, 0.2) is 0 Å². The predicted molar refractivity (Wildman–Crippen MR) is 227 cm³/mol. The van der Waals surface area contributed by atoms with Crippen LogP contribution in [0.1, 0.15) is 22.8 Å². The summed E-state index contributed by atoms with van der Waals surface area (Å²) in [7, 11) is 0. The van der Waals surface area contributed by atoms with Crippen molar-refractivity contribution in [2.75, 3.05) is 5.73 Å². The lowest BCUT2D eigenvalue weighted by Gasteiger charge is -2.08. The minimum atomic E-state index is -0.492. The van der Waals surface area contributed by atoms with Gasteiger partial charge in [-0.15, -0.1) is 0 Å². The monoisotopic (exact) mass is 776 g/mol. The molecular weight excluding hydrogens is 751 g/mol. The predicted octanol–water partition coefficient (Wildman–Crippen LogP) is 12.8. The van der Waals surface area contributed by atoms with Crippen LogP contribution in [0.4, 0.5) is 11.4 Å². The maximum absolute atomic E-state index is 11.7. The van der Waals surface area contributed by atoms with Crippen molar-refractivity contribution in [3.63, 3.8) is 0 Å². The van der Waals surface area contributed by atoms with Gasteiger partial charge in [0.1, 0.15) is 5.69 Å². The van der Waals surface area contributed by atoms with Crippen molar-refractivity contribution in [2.45, 2.75) is 0 Å². The van der Waals surface area contributed by atoms with Gasteiger partial charge >= 0.3 is 0 Å². The first-order valence-electron chi connectivity index (χ1n) is 17.2. The molecule has 0 saturated heterocycles. The Morgan fingerprint density at radius 3 is 1.15 bits per heavy atom. The van der Waals surface area contributed by atoms with E-state index < -0.39 is 4.92 Å². The van der Waals surface area contributed by atoms with Gasteiger partial charge in [-0.3, -0.25) is 10.1 Å².